The van der Waals surface area contributed by atoms with E-state index in [4.69, 9.17) is 0 Å². The predicted octanol–water partition coefficient (Wildman–Crippen LogP) is 4.23. The lowest BCUT2D eigenvalue weighted by molar-refractivity contribution is 0.601. The van der Waals surface area contributed by atoms with E-state index in [-0.39, 0.29) is 10.9 Å². The molecule has 1 saturated heterocycles. The van der Waals surface area contributed by atoms with Crippen LogP contribution in [0.5, 0.6) is 0 Å². The first-order valence-electron chi connectivity index (χ1n) is 9.60. The molecule has 0 aliphatic carbocycles. The van der Waals surface area contributed by atoms with Gasteiger partial charge < -0.3 is 4.90 Å². The maximum Gasteiger partial charge on any atom is 0.263 e. The lowest BCUT2D eigenvalue weighted by atomic mass is 10.0. The standard InChI is InChI=1S/C21H19N5O2S2/c27-30(28,25-21-22-10-12-29-21)16-8-9-17-18(13-16)23-14-24-20(17)26-11-4-7-19(26)15-5-2-1-3-6-15/h1-3,5-6,8-10,12-14,19H,4,7,11H2,(H,22,25). The summed E-state index contributed by atoms with van der Waals surface area (Å²) >= 11 is 1.23. The minimum atomic E-state index is -3.74. The molecule has 1 aliphatic rings. The summed E-state index contributed by atoms with van der Waals surface area (Å²) in [5.41, 5.74) is 1.86. The molecule has 2 aromatic heterocycles. The van der Waals surface area contributed by atoms with Gasteiger partial charge >= 0.3 is 0 Å². The second-order valence-electron chi connectivity index (χ2n) is 7.08. The van der Waals surface area contributed by atoms with E-state index in [1.165, 1.54) is 23.2 Å². The molecule has 4 aromatic rings. The fourth-order valence-corrected chi connectivity index (χ4v) is 5.72. The van der Waals surface area contributed by atoms with E-state index in [9.17, 15) is 8.42 Å². The van der Waals surface area contributed by atoms with Gasteiger partial charge in [0.25, 0.3) is 10.0 Å². The van der Waals surface area contributed by atoms with Crippen LogP contribution in [0.1, 0.15) is 24.4 Å². The quantitative estimate of drug-likeness (QED) is 0.503. The van der Waals surface area contributed by atoms with E-state index >= 15 is 0 Å². The number of nitrogens with one attached hydrogen (secondary N) is 1. The molecule has 1 aliphatic heterocycles. The van der Waals surface area contributed by atoms with E-state index in [2.05, 4.69) is 48.8 Å². The predicted molar refractivity (Wildman–Crippen MR) is 118 cm³/mol. The first-order chi connectivity index (χ1) is 14.6. The van der Waals surface area contributed by atoms with Crippen LogP contribution in [0.2, 0.25) is 0 Å². The Kier molecular flexibility index (Phi) is 4.84. The molecule has 1 atom stereocenters. The summed E-state index contributed by atoms with van der Waals surface area (Å²) in [6.45, 7) is 0.900. The van der Waals surface area contributed by atoms with Crippen LogP contribution in [0, 0.1) is 0 Å². The third-order valence-corrected chi connectivity index (χ3v) is 7.41. The second-order valence-corrected chi connectivity index (χ2v) is 9.66. The van der Waals surface area contributed by atoms with Gasteiger partial charge in [0.15, 0.2) is 5.13 Å². The number of hydrogen-bond donors (Lipinski definition) is 1. The van der Waals surface area contributed by atoms with E-state index in [1.54, 1.807) is 29.8 Å². The van der Waals surface area contributed by atoms with Crippen molar-refractivity contribution < 1.29 is 8.42 Å². The van der Waals surface area contributed by atoms with Gasteiger partial charge in [-0.1, -0.05) is 30.3 Å². The molecule has 30 heavy (non-hydrogen) atoms. The summed E-state index contributed by atoms with van der Waals surface area (Å²) in [6.07, 6.45) is 5.19. The Hall–Kier alpha value is -3.04. The Morgan fingerprint density at radius 2 is 1.93 bits per heavy atom. The summed E-state index contributed by atoms with van der Waals surface area (Å²) in [5, 5.41) is 2.89. The van der Waals surface area contributed by atoms with Gasteiger partial charge in [-0.15, -0.1) is 11.3 Å². The average molecular weight is 438 g/mol. The Balaban J connectivity index is 1.52. The molecule has 0 saturated carbocycles. The zero-order valence-corrected chi connectivity index (χ0v) is 17.6. The van der Waals surface area contributed by atoms with E-state index in [0.717, 1.165) is 30.6 Å². The summed E-state index contributed by atoms with van der Waals surface area (Å²) < 4.78 is 27.9. The molecule has 3 heterocycles. The fourth-order valence-electron chi connectivity index (χ4n) is 3.91. The zero-order chi connectivity index (χ0) is 20.6. The summed E-state index contributed by atoms with van der Waals surface area (Å²) in [5.74, 6) is 0.836. The van der Waals surface area contributed by atoms with Gasteiger partial charge in [-0.05, 0) is 36.6 Å². The number of hydrogen-bond acceptors (Lipinski definition) is 7. The van der Waals surface area contributed by atoms with Crippen molar-refractivity contribution in [3.05, 3.63) is 72.0 Å². The zero-order valence-electron chi connectivity index (χ0n) is 16.0. The number of sulfonamides is 1. The van der Waals surface area contributed by atoms with Gasteiger partial charge in [-0.3, -0.25) is 4.72 Å². The second kappa shape index (κ2) is 7.66. The average Bonchev–Trinajstić information content (AvgIpc) is 3.45. The van der Waals surface area contributed by atoms with Crippen LogP contribution in [-0.4, -0.2) is 29.9 Å². The lowest BCUT2D eigenvalue weighted by Crippen LogP contribution is -2.24. The highest BCUT2D eigenvalue weighted by atomic mass is 32.2. The number of rotatable bonds is 5. The van der Waals surface area contributed by atoms with Crippen LogP contribution in [0.15, 0.2) is 71.3 Å². The molecule has 2 aromatic carbocycles. The van der Waals surface area contributed by atoms with Crippen molar-refractivity contribution in [3.8, 4) is 0 Å². The van der Waals surface area contributed by atoms with Crippen LogP contribution in [0.3, 0.4) is 0 Å². The van der Waals surface area contributed by atoms with E-state index in [0.29, 0.717) is 10.6 Å². The van der Waals surface area contributed by atoms with E-state index < -0.39 is 10.0 Å². The number of thiazole rings is 1. The van der Waals surface area contributed by atoms with Crippen molar-refractivity contribution in [2.45, 2.75) is 23.8 Å². The maximum absolute atomic E-state index is 12.7. The van der Waals surface area contributed by atoms with Crippen molar-refractivity contribution >= 4 is 43.2 Å². The molecule has 0 bridgehead atoms. The minimum absolute atomic E-state index is 0.149. The molecule has 9 heteroatoms. The molecule has 7 nitrogen and oxygen atoms in total. The molecular weight excluding hydrogens is 418 g/mol. The highest BCUT2D eigenvalue weighted by Gasteiger charge is 2.28. The molecular formula is C21H19N5O2S2. The van der Waals surface area contributed by atoms with Crippen LogP contribution in [0.4, 0.5) is 10.9 Å². The van der Waals surface area contributed by atoms with Gasteiger partial charge in [-0.25, -0.2) is 23.4 Å². The number of benzene rings is 2. The van der Waals surface area contributed by atoms with Crippen molar-refractivity contribution in [2.75, 3.05) is 16.2 Å². The summed E-state index contributed by atoms with van der Waals surface area (Å²) in [4.78, 5) is 15.3. The van der Waals surface area contributed by atoms with E-state index in [1.807, 2.05) is 6.07 Å². The van der Waals surface area contributed by atoms with Crippen LogP contribution < -0.4 is 9.62 Å². The first kappa shape index (κ1) is 19.0. The molecule has 5 rings (SSSR count). The van der Waals surface area contributed by atoms with Crippen LogP contribution in [-0.2, 0) is 10.0 Å². The molecule has 1 unspecified atom stereocenters. The van der Waals surface area contributed by atoms with Crippen LogP contribution in [0.25, 0.3) is 10.9 Å². The third kappa shape index (κ3) is 3.50. The third-order valence-electron chi connectivity index (χ3n) is 5.26. The van der Waals surface area contributed by atoms with Crippen LogP contribution >= 0.6 is 11.3 Å². The Morgan fingerprint density at radius 1 is 1.07 bits per heavy atom. The Morgan fingerprint density at radius 3 is 2.73 bits per heavy atom. The Labute approximate surface area is 178 Å². The molecule has 1 fully saturated rings. The highest BCUT2D eigenvalue weighted by molar-refractivity contribution is 7.93. The van der Waals surface area contributed by atoms with Gasteiger partial charge in [-0.2, -0.15) is 0 Å². The fraction of sp³-hybridized carbons (Fsp3) is 0.190. The van der Waals surface area contributed by atoms with Gasteiger partial charge in [0, 0.05) is 23.5 Å². The number of nitrogens with zero attached hydrogens (tertiary/aromatic N) is 4. The number of anilines is 2. The molecule has 1 N–H and O–H groups in total. The smallest absolute Gasteiger partial charge is 0.263 e. The SMILES string of the molecule is O=S(=O)(Nc1nccs1)c1ccc2c(N3CCCC3c3ccccc3)ncnc2c1. The van der Waals surface area contributed by atoms with Crippen molar-refractivity contribution in [3.63, 3.8) is 0 Å². The first-order valence-corrected chi connectivity index (χ1v) is 12.0. The lowest BCUT2D eigenvalue weighted by Gasteiger charge is -2.27. The number of aromatic nitrogens is 3. The van der Waals surface area contributed by atoms with Crippen molar-refractivity contribution in [1.82, 2.24) is 15.0 Å². The minimum Gasteiger partial charge on any atom is -0.349 e. The maximum atomic E-state index is 12.7. The van der Waals surface area contributed by atoms with Crippen molar-refractivity contribution in [1.29, 1.82) is 0 Å². The molecule has 152 valence electrons. The normalized spacial score (nSPS) is 16.8. The van der Waals surface area contributed by atoms with Gasteiger partial charge in [0.2, 0.25) is 0 Å². The van der Waals surface area contributed by atoms with Crippen molar-refractivity contribution in [2.24, 2.45) is 0 Å². The monoisotopic (exact) mass is 437 g/mol. The van der Waals surface area contributed by atoms with Gasteiger partial charge in [0.05, 0.1) is 16.5 Å². The largest absolute Gasteiger partial charge is 0.349 e. The van der Waals surface area contributed by atoms with Gasteiger partial charge in [0.1, 0.15) is 12.1 Å². The highest BCUT2D eigenvalue weighted by Crippen LogP contribution is 2.38. The molecule has 0 amide bonds. The molecule has 0 spiro atoms. The number of fused-ring (bicyclic) bond motifs is 1. The molecule has 0 radical (unpaired) electrons. The topological polar surface area (TPSA) is 88.1 Å². The summed E-state index contributed by atoms with van der Waals surface area (Å²) in [6, 6.07) is 15.6. The summed E-state index contributed by atoms with van der Waals surface area (Å²) in [7, 11) is -3.74. The Bertz CT molecular complexity index is 1280.